The molecule has 0 spiro atoms. The van der Waals surface area contributed by atoms with Crippen LogP contribution in [0, 0.1) is 5.41 Å². The first-order valence-corrected chi connectivity index (χ1v) is 7.05. The van der Waals surface area contributed by atoms with Crippen LogP contribution in [0.1, 0.15) is 46.6 Å². The van der Waals surface area contributed by atoms with E-state index in [0.717, 1.165) is 11.3 Å². The van der Waals surface area contributed by atoms with Gasteiger partial charge in [0, 0.05) is 5.69 Å². The highest BCUT2D eigenvalue weighted by Gasteiger charge is 2.37. The molecule has 0 aromatic heterocycles. The van der Waals surface area contributed by atoms with Gasteiger partial charge in [0.2, 0.25) is 5.91 Å². The molecular formula is C16H25N3O2. The van der Waals surface area contributed by atoms with E-state index in [-0.39, 0.29) is 17.2 Å². The number of oxime groups is 1. The highest BCUT2D eigenvalue weighted by atomic mass is 16.4. The second-order valence-corrected chi connectivity index (χ2v) is 6.42. The molecule has 0 heterocycles. The first-order chi connectivity index (χ1) is 9.66. The molecule has 1 unspecified atom stereocenters. The normalized spacial score (nSPS) is 15.4. The topological polar surface area (TPSA) is 87.7 Å². The molecule has 1 aromatic carbocycles. The fourth-order valence-electron chi connectivity index (χ4n) is 2.07. The predicted molar refractivity (Wildman–Crippen MR) is 85.6 cm³/mol. The molecule has 4 N–H and O–H groups in total. The van der Waals surface area contributed by atoms with E-state index in [0.29, 0.717) is 6.42 Å². The van der Waals surface area contributed by atoms with Gasteiger partial charge in [0.15, 0.2) is 5.84 Å². The van der Waals surface area contributed by atoms with E-state index in [1.165, 1.54) is 0 Å². The average molecular weight is 291 g/mol. The van der Waals surface area contributed by atoms with Gasteiger partial charge in [0.05, 0.1) is 0 Å². The fourth-order valence-corrected chi connectivity index (χ4v) is 2.07. The molecule has 21 heavy (non-hydrogen) atoms. The first kappa shape index (κ1) is 17.0. The first-order valence-electron chi connectivity index (χ1n) is 7.05. The van der Waals surface area contributed by atoms with Crippen molar-refractivity contribution in [1.82, 2.24) is 0 Å². The van der Waals surface area contributed by atoms with Crippen LogP contribution in [0.4, 0.5) is 5.69 Å². The zero-order valence-electron chi connectivity index (χ0n) is 13.4. The minimum Gasteiger partial charge on any atom is -0.409 e. The Morgan fingerprint density at radius 2 is 1.86 bits per heavy atom. The molecule has 0 aliphatic rings. The number of benzene rings is 1. The zero-order chi connectivity index (χ0) is 16.3. The molecule has 0 saturated carbocycles. The molecule has 0 aliphatic carbocycles. The molecule has 1 rings (SSSR count). The summed E-state index contributed by atoms with van der Waals surface area (Å²) in [5.74, 6) is -0.368. The van der Waals surface area contributed by atoms with E-state index in [1.54, 1.807) is 6.92 Å². The number of carbonyl (C=O) groups excluding carboxylic acids is 1. The molecule has 1 atom stereocenters. The third kappa shape index (κ3) is 3.54. The SMILES string of the molecule is CCC(C)(C(=O)Nc1ccccc1C(C)(C)C)/C(N)=N/O. The van der Waals surface area contributed by atoms with Crippen molar-refractivity contribution >= 4 is 17.4 Å². The maximum atomic E-state index is 12.6. The standard InChI is InChI=1S/C16H25N3O2/c1-6-16(5,13(17)19-21)14(20)18-12-10-8-7-9-11(12)15(2,3)4/h7-10,21H,6H2,1-5H3,(H2,17,19)(H,18,20). The van der Waals surface area contributed by atoms with Crippen LogP contribution in [0.25, 0.3) is 0 Å². The second kappa shape index (κ2) is 6.16. The number of nitrogens with one attached hydrogen (secondary N) is 1. The summed E-state index contributed by atoms with van der Waals surface area (Å²) >= 11 is 0. The Kier molecular flexibility index (Phi) is 4.99. The van der Waals surface area contributed by atoms with Gasteiger partial charge in [-0.25, -0.2) is 0 Å². The lowest BCUT2D eigenvalue weighted by molar-refractivity contribution is -0.121. The van der Waals surface area contributed by atoms with Crippen molar-refractivity contribution < 1.29 is 10.0 Å². The summed E-state index contributed by atoms with van der Waals surface area (Å²) in [7, 11) is 0. The number of amides is 1. The summed E-state index contributed by atoms with van der Waals surface area (Å²) in [4.78, 5) is 12.6. The number of nitrogens with two attached hydrogens (primary N) is 1. The molecule has 5 nitrogen and oxygen atoms in total. The summed E-state index contributed by atoms with van der Waals surface area (Å²) in [6.07, 6.45) is 0.437. The average Bonchev–Trinajstić information content (AvgIpc) is 2.44. The molecule has 0 radical (unpaired) electrons. The molecule has 5 heteroatoms. The van der Waals surface area contributed by atoms with Gasteiger partial charge in [0.25, 0.3) is 0 Å². The Morgan fingerprint density at radius 1 is 1.29 bits per heavy atom. The van der Waals surface area contributed by atoms with Crippen LogP contribution in [0.15, 0.2) is 29.4 Å². The minimum absolute atomic E-state index is 0.0873. The Morgan fingerprint density at radius 3 is 2.33 bits per heavy atom. The van der Waals surface area contributed by atoms with Gasteiger partial charge in [-0.15, -0.1) is 0 Å². The summed E-state index contributed by atoms with van der Waals surface area (Å²) in [6.45, 7) is 9.74. The monoisotopic (exact) mass is 291 g/mol. The van der Waals surface area contributed by atoms with Crippen molar-refractivity contribution in [2.75, 3.05) is 5.32 Å². The lowest BCUT2D eigenvalue weighted by atomic mass is 9.83. The van der Waals surface area contributed by atoms with Crippen LogP contribution in [-0.4, -0.2) is 17.0 Å². The van der Waals surface area contributed by atoms with Gasteiger partial charge in [-0.1, -0.05) is 51.0 Å². The molecule has 116 valence electrons. The molecule has 0 bridgehead atoms. The van der Waals surface area contributed by atoms with Gasteiger partial charge in [-0.3, -0.25) is 4.79 Å². The van der Waals surface area contributed by atoms with Gasteiger partial charge in [-0.2, -0.15) is 0 Å². The quantitative estimate of drug-likeness (QED) is 0.345. The van der Waals surface area contributed by atoms with Crippen molar-refractivity contribution in [1.29, 1.82) is 0 Å². The van der Waals surface area contributed by atoms with Crippen LogP contribution in [-0.2, 0) is 10.2 Å². The number of hydrogen-bond donors (Lipinski definition) is 3. The van der Waals surface area contributed by atoms with E-state index in [9.17, 15) is 4.79 Å². The maximum absolute atomic E-state index is 12.6. The fraction of sp³-hybridized carbons (Fsp3) is 0.500. The Hall–Kier alpha value is -2.04. The number of hydrogen-bond acceptors (Lipinski definition) is 3. The largest absolute Gasteiger partial charge is 0.409 e. The smallest absolute Gasteiger partial charge is 0.238 e. The predicted octanol–water partition coefficient (Wildman–Crippen LogP) is 3.09. The third-order valence-electron chi connectivity index (χ3n) is 3.86. The van der Waals surface area contributed by atoms with Crippen molar-refractivity contribution in [3.63, 3.8) is 0 Å². The van der Waals surface area contributed by atoms with Crippen molar-refractivity contribution in [2.24, 2.45) is 16.3 Å². The highest BCUT2D eigenvalue weighted by molar-refractivity contribution is 6.11. The molecule has 1 aromatic rings. The van der Waals surface area contributed by atoms with Gasteiger partial charge >= 0.3 is 0 Å². The number of nitrogens with zero attached hydrogens (tertiary/aromatic N) is 1. The minimum atomic E-state index is -1.04. The van der Waals surface area contributed by atoms with E-state index < -0.39 is 5.41 Å². The van der Waals surface area contributed by atoms with Crippen LogP contribution in [0.2, 0.25) is 0 Å². The molecule has 0 aliphatic heterocycles. The van der Waals surface area contributed by atoms with Crippen molar-refractivity contribution in [2.45, 2.75) is 46.5 Å². The highest BCUT2D eigenvalue weighted by Crippen LogP contribution is 2.31. The number of amidine groups is 1. The van der Waals surface area contributed by atoms with E-state index in [4.69, 9.17) is 10.9 Å². The summed E-state index contributed by atoms with van der Waals surface area (Å²) in [6, 6.07) is 7.67. The Balaban J connectivity index is 3.15. The number of anilines is 1. The molecular weight excluding hydrogens is 266 g/mol. The van der Waals surface area contributed by atoms with Gasteiger partial charge < -0.3 is 16.3 Å². The van der Waals surface area contributed by atoms with E-state index in [2.05, 4.69) is 31.2 Å². The second-order valence-electron chi connectivity index (χ2n) is 6.42. The lowest BCUT2D eigenvalue weighted by Gasteiger charge is -2.28. The molecule has 0 fully saturated rings. The summed E-state index contributed by atoms with van der Waals surface area (Å²) in [5.41, 5.74) is 6.33. The summed E-state index contributed by atoms with van der Waals surface area (Å²) in [5, 5.41) is 14.8. The number of para-hydroxylation sites is 1. The van der Waals surface area contributed by atoms with E-state index >= 15 is 0 Å². The zero-order valence-corrected chi connectivity index (χ0v) is 13.4. The Bertz CT molecular complexity index is 547. The summed E-state index contributed by atoms with van der Waals surface area (Å²) < 4.78 is 0. The van der Waals surface area contributed by atoms with Crippen LogP contribution in [0.5, 0.6) is 0 Å². The third-order valence-corrected chi connectivity index (χ3v) is 3.86. The number of rotatable bonds is 4. The molecule has 1 amide bonds. The maximum Gasteiger partial charge on any atom is 0.238 e. The van der Waals surface area contributed by atoms with Crippen LogP contribution >= 0.6 is 0 Å². The van der Waals surface area contributed by atoms with Crippen LogP contribution in [0.3, 0.4) is 0 Å². The number of carbonyl (C=O) groups is 1. The van der Waals surface area contributed by atoms with Crippen LogP contribution < -0.4 is 11.1 Å². The van der Waals surface area contributed by atoms with Gasteiger partial charge in [-0.05, 0) is 30.4 Å². The molecule has 0 saturated heterocycles. The van der Waals surface area contributed by atoms with Gasteiger partial charge in [0.1, 0.15) is 5.41 Å². The lowest BCUT2D eigenvalue weighted by Crippen LogP contribution is -2.44. The Labute approximate surface area is 126 Å². The van der Waals surface area contributed by atoms with Crippen molar-refractivity contribution in [3.8, 4) is 0 Å². The van der Waals surface area contributed by atoms with E-state index in [1.807, 2.05) is 31.2 Å². The van der Waals surface area contributed by atoms with Crippen molar-refractivity contribution in [3.05, 3.63) is 29.8 Å².